The molecule has 2 nitrogen and oxygen atoms in total. The van der Waals surface area contributed by atoms with E-state index in [2.05, 4.69) is 4.74 Å². The van der Waals surface area contributed by atoms with Crippen LogP contribution in [0.4, 0.5) is 13.2 Å². The first-order valence-corrected chi connectivity index (χ1v) is 5.74. The molecule has 0 aliphatic rings. The molecule has 0 aliphatic heterocycles. The molecule has 0 heterocycles. The van der Waals surface area contributed by atoms with E-state index in [0.29, 0.717) is 11.5 Å². The number of rotatable bonds is 6. The predicted octanol–water partition coefficient (Wildman–Crippen LogP) is 2.87. The molecule has 0 saturated heterocycles. The Bertz CT molecular complexity index is 194. The highest BCUT2D eigenvalue weighted by molar-refractivity contribution is 7.99. The quantitative estimate of drug-likeness (QED) is 0.531. The molecule has 15 heavy (non-hydrogen) atoms. The fourth-order valence-corrected chi connectivity index (χ4v) is 1.91. The summed E-state index contributed by atoms with van der Waals surface area (Å²) in [6.07, 6.45) is -4.73. The van der Waals surface area contributed by atoms with Crippen LogP contribution < -0.4 is 0 Å². The third-order valence-electron chi connectivity index (χ3n) is 1.72. The summed E-state index contributed by atoms with van der Waals surface area (Å²) < 4.78 is 39.7. The molecule has 0 aromatic heterocycles. The van der Waals surface area contributed by atoms with Gasteiger partial charge in [0.15, 0.2) is 0 Å². The minimum absolute atomic E-state index is 0.0993. The number of carbonyl (C=O) groups is 1. The molecule has 0 radical (unpaired) electrons. The molecule has 0 spiro atoms. The van der Waals surface area contributed by atoms with Crippen LogP contribution in [0.3, 0.4) is 0 Å². The minimum atomic E-state index is -4.07. The molecule has 1 unspecified atom stereocenters. The first-order chi connectivity index (χ1) is 6.87. The van der Waals surface area contributed by atoms with E-state index in [9.17, 15) is 18.0 Å². The second kappa shape index (κ2) is 6.98. The van der Waals surface area contributed by atoms with Gasteiger partial charge in [0.1, 0.15) is 0 Å². The van der Waals surface area contributed by atoms with Crippen LogP contribution in [0.25, 0.3) is 0 Å². The Labute approximate surface area is 91.6 Å². The monoisotopic (exact) mass is 244 g/mol. The number of ether oxygens (including phenoxy) is 1. The van der Waals surface area contributed by atoms with Crippen LogP contribution in [0, 0.1) is 5.92 Å². The number of alkyl halides is 3. The van der Waals surface area contributed by atoms with Crippen molar-refractivity contribution in [2.45, 2.75) is 25.9 Å². The fourth-order valence-electron chi connectivity index (χ4n) is 0.904. The normalized spacial score (nSPS) is 13.7. The van der Waals surface area contributed by atoms with Gasteiger partial charge in [0.25, 0.3) is 0 Å². The van der Waals surface area contributed by atoms with Gasteiger partial charge >= 0.3 is 12.1 Å². The van der Waals surface area contributed by atoms with Crippen molar-refractivity contribution >= 4 is 17.7 Å². The van der Waals surface area contributed by atoms with Crippen LogP contribution in [0.2, 0.25) is 0 Å². The van der Waals surface area contributed by atoms with Crippen LogP contribution in [0.15, 0.2) is 0 Å². The van der Waals surface area contributed by atoms with E-state index < -0.39 is 12.6 Å². The summed E-state index contributed by atoms with van der Waals surface area (Å²) in [7, 11) is 1.30. The molecule has 0 aliphatic carbocycles. The number of halogens is 3. The van der Waals surface area contributed by atoms with Gasteiger partial charge in [-0.2, -0.15) is 24.9 Å². The van der Waals surface area contributed by atoms with Crippen LogP contribution in [-0.2, 0) is 9.53 Å². The lowest BCUT2D eigenvalue weighted by molar-refractivity contribution is -0.144. The Kier molecular flexibility index (Phi) is 6.80. The van der Waals surface area contributed by atoms with Crippen molar-refractivity contribution in [2.75, 3.05) is 18.6 Å². The maximum Gasteiger partial charge on any atom is 0.389 e. The number of carbonyl (C=O) groups excluding carboxylic acids is 1. The summed E-state index contributed by atoms with van der Waals surface area (Å²) in [6.45, 7) is 1.70. The van der Waals surface area contributed by atoms with E-state index in [4.69, 9.17) is 0 Å². The second-order valence-electron chi connectivity index (χ2n) is 3.22. The van der Waals surface area contributed by atoms with E-state index in [1.54, 1.807) is 6.92 Å². The third-order valence-corrected chi connectivity index (χ3v) is 3.03. The maximum atomic E-state index is 11.7. The molecule has 0 amide bonds. The summed E-state index contributed by atoms with van der Waals surface area (Å²) in [5.74, 6) is 0.343. The predicted molar refractivity (Wildman–Crippen MR) is 53.8 cm³/mol. The molecule has 1 atom stereocenters. The van der Waals surface area contributed by atoms with Gasteiger partial charge in [-0.3, -0.25) is 4.79 Å². The van der Waals surface area contributed by atoms with Gasteiger partial charge in [-0.1, -0.05) is 6.92 Å². The van der Waals surface area contributed by atoms with Crippen molar-refractivity contribution in [1.82, 2.24) is 0 Å². The Morgan fingerprint density at radius 2 is 2.07 bits per heavy atom. The summed E-state index contributed by atoms with van der Waals surface area (Å²) >= 11 is 1.34. The molecular weight excluding hydrogens is 229 g/mol. The third kappa shape index (κ3) is 8.59. The molecule has 90 valence electrons. The van der Waals surface area contributed by atoms with E-state index in [1.807, 2.05) is 0 Å². The van der Waals surface area contributed by atoms with Gasteiger partial charge in [-0.15, -0.1) is 0 Å². The minimum Gasteiger partial charge on any atom is -0.469 e. The van der Waals surface area contributed by atoms with Gasteiger partial charge in [-0.25, -0.2) is 0 Å². The zero-order valence-electron chi connectivity index (χ0n) is 8.76. The number of hydrogen-bond donors (Lipinski definition) is 0. The van der Waals surface area contributed by atoms with Gasteiger partial charge in [0.2, 0.25) is 0 Å². The molecule has 0 N–H and O–H groups in total. The zero-order valence-corrected chi connectivity index (χ0v) is 9.58. The molecule has 0 rings (SSSR count). The number of esters is 1. The highest BCUT2D eigenvalue weighted by atomic mass is 32.2. The SMILES string of the molecule is COC(=O)C(C)CSCCCC(F)(F)F. The molecular formula is C9H15F3O2S. The Hall–Kier alpha value is -0.390. The van der Waals surface area contributed by atoms with E-state index in [0.717, 1.165) is 0 Å². The first-order valence-electron chi connectivity index (χ1n) is 4.59. The zero-order chi connectivity index (χ0) is 11.9. The Morgan fingerprint density at radius 1 is 1.47 bits per heavy atom. The molecule has 0 bridgehead atoms. The van der Waals surface area contributed by atoms with Crippen molar-refractivity contribution in [3.8, 4) is 0 Å². The molecule has 0 saturated carbocycles. The number of hydrogen-bond acceptors (Lipinski definition) is 3. The van der Waals surface area contributed by atoms with Gasteiger partial charge in [0, 0.05) is 12.2 Å². The van der Waals surface area contributed by atoms with E-state index in [1.165, 1.54) is 18.9 Å². The van der Waals surface area contributed by atoms with Crippen LogP contribution in [-0.4, -0.2) is 30.8 Å². The molecule has 0 aromatic rings. The standard InChI is InChI=1S/C9H15F3O2S/c1-7(8(13)14-2)6-15-5-3-4-9(10,11)12/h7H,3-6H2,1-2H3. The highest BCUT2D eigenvalue weighted by Gasteiger charge is 2.25. The van der Waals surface area contributed by atoms with Gasteiger partial charge in [0.05, 0.1) is 13.0 Å². The van der Waals surface area contributed by atoms with Gasteiger partial charge in [-0.05, 0) is 12.2 Å². The second-order valence-corrected chi connectivity index (χ2v) is 4.37. The fraction of sp³-hybridized carbons (Fsp3) is 0.889. The number of methoxy groups -OCH3 is 1. The topological polar surface area (TPSA) is 26.3 Å². The van der Waals surface area contributed by atoms with Crippen molar-refractivity contribution in [3.63, 3.8) is 0 Å². The highest BCUT2D eigenvalue weighted by Crippen LogP contribution is 2.23. The van der Waals surface area contributed by atoms with Crippen molar-refractivity contribution in [3.05, 3.63) is 0 Å². The Morgan fingerprint density at radius 3 is 2.53 bits per heavy atom. The molecule has 0 aromatic carbocycles. The largest absolute Gasteiger partial charge is 0.469 e. The first kappa shape index (κ1) is 14.6. The van der Waals surface area contributed by atoms with Crippen molar-refractivity contribution in [2.24, 2.45) is 5.92 Å². The van der Waals surface area contributed by atoms with E-state index in [-0.39, 0.29) is 18.3 Å². The van der Waals surface area contributed by atoms with Crippen molar-refractivity contribution < 1.29 is 22.7 Å². The summed E-state index contributed by atoms with van der Waals surface area (Å²) in [5, 5.41) is 0. The van der Waals surface area contributed by atoms with Gasteiger partial charge < -0.3 is 4.74 Å². The lowest BCUT2D eigenvalue weighted by atomic mass is 10.2. The summed E-state index contributed by atoms with van der Waals surface area (Å²) in [4.78, 5) is 10.9. The van der Waals surface area contributed by atoms with Crippen LogP contribution >= 0.6 is 11.8 Å². The summed E-state index contributed by atoms with van der Waals surface area (Å²) in [6, 6.07) is 0. The lowest BCUT2D eigenvalue weighted by Crippen LogP contribution is -2.15. The summed E-state index contributed by atoms with van der Waals surface area (Å²) in [5.41, 5.74) is 0. The van der Waals surface area contributed by atoms with E-state index >= 15 is 0 Å². The lowest BCUT2D eigenvalue weighted by Gasteiger charge is -2.09. The average Bonchev–Trinajstić information content (AvgIpc) is 2.14. The molecule has 0 fully saturated rings. The number of thioether (sulfide) groups is 1. The van der Waals surface area contributed by atoms with Crippen LogP contribution in [0.1, 0.15) is 19.8 Å². The maximum absolute atomic E-state index is 11.7. The van der Waals surface area contributed by atoms with Crippen LogP contribution in [0.5, 0.6) is 0 Å². The molecule has 6 heteroatoms. The Balaban J connectivity index is 3.43. The smallest absolute Gasteiger partial charge is 0.389 e. The average molecular weight is 244 g/mol. The van der Waals surface area contributed by atoms with Crippen molar-refractivity contribution in [1.29, 1.82) is 0 Å².